The molecule has 0 aromatic heterocycles. The third-order valence-electron chi connectivity index (χ3n) is 5.31. The zero-order valence-corrected chi connectivity index (χ0v) is 13.0. The molecule has 0 spiro atoms. The molecule has 2 heterocycles. The average molecular weight is 290 g/mol. The Balaban J connectivity index is 1.48. The van der Waals surface area contributed by atoms with Crippen molar-refractivity contribution in [2.45, 2.75) is 51.1 Å². The number of benzene rings is 1. The minimum atomic E-state index is -0.142. The SMILES string of the molecule is CC(Cc1ccc(F)cc1)N1CCC(C2CCCN2)CC1. The number of likely N-dealkylation sites (tertiary alicyclic amines) is 1. The third-order valence-corrected chi connectivity index (χ3v) is 5.31. The van der Waals surface area contributed by atoms with Gasteiger partial charge in [-0.2, -0.15) is 0 Å². The lowest BCUT2D eigenvalue weighted by molar-refractivity contribution is 0.126. The summed E-state index contributed by atoms with van der Waals surface area (Å²) in [6.45, 7) is 5.94. The average Bonchev–Trinajstić information content (AvgIpc) is 3.04. The van der Waals surface area contributed by atoms with E-state index in [1.165, 1.54) is 50.9 Å². The van der Waals surface area contributed by atoms with Crippen molar-refractivity contribution in [3.63, 3.8) is 0 Å². The number of rotatable bonds is 4. The quantitative estimate of drug-likeness (QED) is 0.916. The summed E-state index contributed by atoms with van der Waals surface area (Å²) in [6.07, 6.45) is 6.39. The summed E-state index contributed by atoms with van der Waals surface area (Å²) in [5, 5.41) is 3.66. The molecule has 2 aliphatic heterocycles. The molecule has 2 atom stereocenters. The first-order valence-corrected chi connectivity index (χ1v) is 8.44. The fraction of sp³-hybridized carbons (Fsp3) is 0.667. The zero-order chi connectivity index (χ0) is 14.7. The number of hydrogen-bond donors (Lipinski definition) is 1. The molecule has 3 heteroatoms. The fourth-order valence-electron chi connectivity index (χ4n) is 3.97. The van der Waals surface area contributed by atoms with Crippen molar-refractivity contribution in [3.8, 4) is 0 Å². The molecule has 3 rings (SSSR count). The summed E-state index contributed by atoms with van der Waals surface area (Å²) >= 11 is 0. The van der Waals surface area contributed by atoms with E-state index in [4.69, 9.17) is 0 Å². The van der Waals surface area contributed by atoms with Crippen molar-refractivity contribution in [1.82, 2.24) is 10.2 Å². The van der Waals surface area contributed by atoms with Crippen LogP contribution in [-0.4, -0.2) is 36.6 Å². The van der Waals surface area contributed by atoms with Gasteiger partial charge in [0.25, 0.3) is 0 Å². The van der Waals surface area contributed by atoms with E-state index >= 15 is 0 Å². The first-order valence-electron chi connectivity index (χ1n) is 8.44. The Labute approximate surface area is 127 Å². The van der Waals surface area contributed by atoms with Crippen LogP contribution in [0.3, 0.4) is 0 Å². The summed E-state index contributed by atoms with van der Waals surface area (Å²) in [6, 6.07) is 8.30. The Bertz CT molecular complexity index is 431. The largest absolute Gasteiger partial charge is 0.314 e. The molecule has 21 heavy (non-hydrogen) atoms. The van der Waals surface area contributed by atoms with Gasteiger partial charge in [-0.15, -0.1) is 0 Å². The molecular weight excluding hydrogens is 263 g/mol. The van der Waals surface area contributed by atoms with E-state index < -0.39 is 0 Å². The lowest BCUT2D eigenvalue weighted by Gasteiger charge is -2.38. The van der Waals surface area contributed by atoms with Gasteiger partial charge in [0.05, 0.1) is 0 Å². The van der Waals surface area contributed by atoms with Gasteiger partial charge in [-0.3, -0.25) is 0 Å². The molecule has 2 nitrogen and oxygen atoms in total. The summed E-state index contributed by atoms with van der Waals surface area (Å²) in [5.74, 6) is 0.734. The number of piperidine rings is 1. The molecule has 1 N–H and O–H groups in total. The number of hydrogen-bond acceptors (Lipinski definition) is 2. The maximum Gasteiger partial charge on any atom is 0.123 e. The first kappa shape index (κ1) is 15.0. The highest BCUT2D eigenvalue weighted by atomic mass is 19.1. The van der Waals surface area contributed by atoms with Gasteiger partial charge >= 0.3 is 0 Å². The predicted octanol–water partition coefficient (Wildman–Crippen LogP) is 3.22. The molecule has 2 fully saturated rings. The lowest BCUT2D eigenvalue weighted by atomic mass is 9.88. The zero-order valence-electron chi connectivity index (χ0n) is 13.0. The molecule has 2 aliphatic rings. The maximum absolute atomic E-state index is 13.0. The van der Waals surface area contributed by atoms with Crippen LogP contribution in [0, 0.1) is 11.7 Å². The fourth-order valence-corrected chi connectivity index (χ4v) is 3.97. The van der Waals surface area contributed by atoms with Crippen LogP contribution in [-0.2, 0) is 6.42 Å². The molecular formula is C18H27FN2. The molecule has 1 aromatic carbocycles. The van der Waals surface area contributed by atoms with E-state index in [-0.39, 0.29) is 5.82 Å². The minimum absolute atomic E-state index is 0.142. The van der Waals surface area contributed by atoms with E-state index in [9.17, 15) is 4.39 Å². The van der Waals surface area contributed by atoms with Gasteiger partial charge in [0.15, 0.2) is 0 Å². The third kappa shape index (κ3) is 3.83. The second kappa shape index (κ2) is 6.89. The molecule has 116 valence electrons. The number of nitrogens with one attached hydrogen (secondary N) is 1. The Hall–Kier alpha value is -0.930. The molecule has 2 saturated heterocycles. The Morgan fingerprint density at radius 3 is 2.52 bits per heavy atom. The molecule has 2 unspecified atom stereocenters. The highest BCUT2D eigenvalue weighted by Gasteiger charge is 2.29. The standard InChI is InChI=1S/C18H27FN2/c1-14(13-15-4-6-17(19)7-5-15)21-11-8-16(9-12-21)18-3-2-10-20-18/h4-7,14,16,18,20H,2-3,8-13H2,1H3. The van der Waals surface area contributed by atoms with Crippen LogP contribution in [0.15, 0.2) is 24.3 Å². The van der Waals surface area contributed by atoms with Gasteiger partial charge in [0.2, 0.25) is 0 Å². The van der Waals surface area contributed by atoms with Crippen molar-refractivity contribution in [2.24, 2.45) is 5.92 Å². The highest BCUT2D eigenvalue weighted by molar-refractivity contribution is 5.17. The first-order chi connectivity index (χ1) is 10.2. The van der Waals surface area contributed by atoms with Crippen LogP contribution in [0.1, 0.15) is 38.2 Å². The Kier molecular flexibility index (Phi) is 4.91. The molecule has 1 aromatic rings. The lowest BCUT2D eigenvalue weighted by Crippen LogP contribution is -2.44. The second-order valence-corrected chi connectivity index (χ2v) is 6.76. The summed E-state index contributed by atoms with van der Waals surface area (Å²) < 4.78 is 13.0. The smallest absolute Gasteiger partial charge is 0.123 e. The molecule has 0 bridgehead atoms. The van der Waals surface area contributed by atoms with Crippen LogP contribution < -0.4 is 5.32 Å². The topological polar surface area (TPSA) is 15.3 Å². The van der Waals surface area contributed by atoms with E-state index in [1.807, 2.05) is 12.1 Å². The van der Waals surface area contributed by atoms with Crippen LogP contribution >= 0.6 is 0 Å². The summed E-state index contributed by atoms with van der Waals surface area (Å²) in [7, 11) is 0. The normalized spacial score (nSPS) is 26.1. The molecule has 0 aliphatic carbocycles. The van der Waals surface area contributed by atoms with Crippen molar-refractivity contribution < 1.29 is 4.39 Å². The van der Waals surface area contributed by atoms with Gasteiger partial charge in [0.1, 0.15) is 5.82 Å². The molecule has 0 saturated carbocycles. The Morgan fingerprint density at radius 1 is 1.19 bits per heavy atom. The second-order valence-electron chi connectivity index (χ2n) is 6.76. The summed E-state index contributed by atoms with van der Waals surface area (Å²) in [4.78, 5) is 2.61. The van der Waals surface area contributed by atoms with Crippen molar-refractivity contribution >= 4 is 0 Å². The Morgan fingerprint density at radius 2 is 1.90 bits per heavy atom. The van der Waals surface area contributed by atoms with Gasteiger partial charge in [-0.05, 0) is 82.3 Å². The monoisotopic (exact) mass is 290 g/mol. The van der Waals surface area contributed by atoms with Crippen LogP contribution in [0.4, 0.5) is 4.39 Å². The van der Waals surface area contributed by atoms with Crippen LogP contribution in [0.5, 0.6) is 0 Å². The van der Waals surface area contributed by atoms with Crippen LogP contribution in [0.2, 0.25) is 0 Å². The van der Waals surface area contributed by atoms with Gasteiger partial charge < -0.3 is 10.2 Å². The van der Waals surface area contributed by atoms with E-state index in [0.717, 1.165) is 18.4 Å². The van der Waals surface area contributed by atoms with Gasteiger partial charge in [0, 0.05) is 12.1 Å². The van der Waals surface area contributed by atoms with Gasteiger partial charge in [-0.25, -0.2) is 4.39 Å². The number of halogens is 1. The number of nitrogens with zero attached hydrogens (tertiary/aromatic N) is 1. The maximum atomic E-state index is 13.0. The van der Waals surface area contributed by atoms with E-state index in [2.05, 4.69) is 17.1 Å². The van der Waals surface area contributed by atoms with Gasteiger partial charge in [-0.1, -0.05) is 12.1 Å². The predicted molar refractivity (Wildman–Crippen MR) is 84.9 cm³/mol. The van der Waals surface area contributed by atoms with E-state index in [1.54, 1.807) is 12.1 Å². The molecule has 0 radical (unpaired) electrons. The highest BCUT2D eigenvalue weighted by Crippen LogP contribution is 2.27. The summed E-state index contributed by atoms with van der Waals surface area (Å²) in [5.41, 5.74) is 1.24. The van der Waals surface area contributed by atoms with Crippen molar-refractivity contribution in [1.29, 1.82) is 0 Å². The minimum Gasteiger partial charge on any atom is -0.314 e. The van der Waals surface area contributed by atoms with E-state index in [0.29, 0.717) is 6.04 Å². The van der Waals surface area contributed by atoms with Crippen LogP contribution in [0.25, 0.3) is 0 Å². The van der Waals surface area contributed by atoms with Crippen molar-refractivity contribution in [3.05, 3.63) is 35.6 Å². The van der Waals surface area contributed by atoms with Crippen molar-refractivity contribution in [2.75, 3.05) is 19.6 Å². The molecule has 0 amide bonds.